The molecule has 0 aromatic heterocycles. The molecule has 0 aliphatic carbocycles. The van der Waals surface area contributed by atoms with Gasteiger partial charge in [0, 0.05) is 24.8 Å². The highest BCUT2D eigenvalue weighted by atomic mass is 16.5. The molecule has 7 heteroatoms. The van der Waals surface area contributed by atoms with Crippen LogP contribution in [0.3, 0.4) is 0 Å². The molecule has 0 radical (unpaired) electrons. The SMILES string of the molecule is COc1ccc(C)cc1NC(=O)C(=O)Nc1ccc2c(c1)N(C(C)=O)CCC2. The topological polar surface area (TPSA) is 87.7 Å². The van der Waals surface area contributed by atoms with Gasteiger partial charge >= 0.3 is 11.8 Å². The molecule has 0 spiro atoms. The van der Waals surface area contributed by atoms with Crippen LogP contribution in [0.15, 0.2) is 36.4 Å². The first-order valence-electron chi connectivity index (χ1n) is 9.07. The van der Waals surface area contributed by atoms with Crippen molar-refractivity contribution < 1.29 is 19.1 Å². The minimum absolute atomic E-state index is 0.0475. The first kappa shape index (κ1) is 19.4. The summed E-state index contributed by atoms with van der Waals surface area (Å²) in [6, 6.07) is 10.6. The summed E-state index contributed by atoms with van der Waals surface area (Å²) in [6.07, 6.45) is 1.78. The summed E-state index contributed by atoms with van der Waals surface area (Å²) in [4.78, 5) is 38.2. The maximum absolute atomic E-state index is 12.3. The van der Waals surface area contributed by atoms with Gasteiger partial charge in [0.1, 0.15) is 5.75 Å². The van der Waals surface area contributed by atoms with Gasteiger partial charge in [-0.05, 0) is 55.2 Å². The monoisotopic (exact) mass is 381 g/mol. The Morgan fingerprint density at radius 3 is 2.50 bits per heavy atom. The second kappa shape index (κ2) is 8.12. The van der Waals surface area contributed by atoms with Gasteiger partial charge in [-0.15, -0.1) is 0 Å². The standard InChI is InChI=1S/C21H23N3O4/c1-13-6-9-19(28-3)17(11-13)23-21(27)20(26)22-16-8-7-15-5-4-10-24(14(2)25)18(15)12-16/h6-9,11-12H,4-5,10H2,1-3H3,(H,22,26)(H,23,27). The Hall–Kier alpha value is -3.35. The van der Waals surface area contributed by atoms with E-state index in [1.165, 1.54) is 14.0 Å². The van der Waals surface area contributed by atoms with Crippen molar-refractivity contribution in [2.75, 3.05) is 29.2 Å². The van der Waals surface area contributed by atoms with Crippen LogP contribution in [0.5, 0.6) is 5.75 Å². The molecule has 3 amide bonds. The fourth-order valence-corrected chi connectivity index (χ4v) is 3.27. The second-order valence-corrected chi connectivity index (χ2v) is 6.73. The van der Waals surface area contributed by atoms with E-state index < -0.39 is 11.8 Å². The van der Waals surface area contributed by atoms with E-state index in [1.54, 1.807) is 29.2 Å². The van der Waals surface area contributed by atoms with Gasteiger partial charge in [0.15, 0.2) is 0 Å². The molecular weight excluding hydrogens is 358 g/mol. The number of anilines is 3. The number of rotatable bonds is 3. The summed E-state index contributed by atoms with van der Waals surface area (Å²) < 4.78 is 5.21. The molecule has 28 heavy (non-hydrogen) atoms. The van der Waals surface area contributed by atoms with Crippen molar-refractivity contribution in [3.8, 4) is 5.75 Å². The lowest BCUT2D eigenvalue weighted by molar-refractivity contribution is -0.133. The van der Waals surface area contributed by atoms with E-state index in [-0.39, 0.29) is 5.91 Å². The number of nitrogens with one attached hydrogen (secondary N) is 2. The van der Waals surface area contributed by atoms with Gasteiger partial charge in [0.05, 0.1) is 12.8 Å². The number of hydrogen-bond acceptors (Lipinski definition) is 4. The minimum atomic E-state index is -0.801. The summed E-state index contributed by atoms with van der Waals surface area (Å²) in [5.41, 5.74) is 3.64. The van der Waals surface area contributed by atoms with Crippen molar-refractivity contribution >= 4 is 34.8 Å². The fraction of sp³-hybridized carbons (Fsp3) is 0.286. The van der Waals surface area contributed by atoms with Crippen LogP contribution in [0.4, 0.5) is 17.1 Å². The van der Waals surface area contributed by atoms with E-state index in [0.29, 0.717) is 23.7 Å². The van der Waals surface area contributed by atoms with Crippen LogP contribution in [0.2, 0.25) is 0 Å². The Balaban J connectivity index is 1.74. The third-order valence-corrected chi connectivity index (χ3v) is 4.65. The predicted octanol–water partition coefficient (Wildman–Crippen LogP) is 2.88. The Morgan fingerprint density at radius 1 is 1.04 bits per heavy atom. The lowest BCUT2D eigenvalue weighted by Gasteiger charge is -2.29. The largest absolute Gasteiger partial charge is 0.495 e. The van der Waals surface area contributed by atoms with Gasteiger partial charge in [-0.1, -0.05) is 12.1 Å². The molecule has 0 fully saturated rings. The molecule has 2 aromatic carbocycles. The van der Waals surface area contributed by atoms with E-state index in [2.05, 4.69) is 10.6 Å². The van der Waals surface area contributed by atoms with Crippen molar-refractivity contribution in [3.63, 3.8) is 0 Å². The number of carbonyl (C=O) groups is 3. The summed E-state index contributed by atoms with van der Waals surface area (Å²) in [6.45, 7) is 4.04. The Labute approximate surface area is 163 Å². The number of fused-ring (bicyclic) bond motifs is 1. The average Bonchev–Trinajstić information content (AvgIpc) is 2.67. The molecule has 0 saturated carbocycles. The van der Waals surface area contributed by atoms with Crippen molar-refractivity contribution in [1.82, 2.24) is 0 Å². The number of ether oxygens (including phenoxy) is 1. The van der Waals surface area contributed by atoms with Gasteiger partial charge < -0.3 is 20.3 Å². The van der Waals surface area contributed by atoms with Crippen LogP contribution in [0.25, 0.3) is 0 Å². The first-order valence-corrected chi connectivity index (χ1v) is 9.07. The third-order valence-electron chi connectivity index (χ3n) is 4.65. The van der Waals surface area contributed by atoms with Crippen molar-refractivity contribution in [1.29, 1.82) is 0 Å². The van der Waals surface area contributed by atoms with E-state index in [1.807, 2.05) is 19.1 Å². The summed E-state index contributed by atoms with van der Waals surface area (Å²) in [5, 5.41) is 5.17. The molecule has 1 aliphatic rings. The molecule has 1 heterocycles. The normalized spacial score (nSPS) is 12.8. The quantitative estimate of drug-likeness (QED) is 0.801. The summed E-state index contributed by atoms with van der Waals surface area (Å²) in [7, 11) is 1.49. The number of methoxy groups -OCH3 is 1. The maximum atomic E-state index is 12.3. The van der Waals surface area contributed by atoms with Crippen molar-refractivity contribution in [2.24, 2.45) is 0 Å². The van der Waals surface area contributed by atoms with E-state index in [0.717, 1.165) is 29.7 Å². The Kier molecular flexibility index (Phi) is 5.63. The van der Waals surface area contributed by atoms with E-state index in [9.17, 15) is 14.4 Å². The number of carbonyl (C=O) groups excluding carboxylic acids is 3. The Morgan fingerprint density at radius 2 is 1.79 bits per heavy atom. The minimum Gasteiger partial charge on any atom is -0.495 e. The van der Waals surface area contributed by atoms with E-state index in [4.69, 9.17) is 4.74 Å². The molecule has 1 aliphatic heterocycles. The molecule has 0 bridgehead atoms. The molecule has 0 unspecified atom stereocenters. The van der Waals surface area contributed by atoms with Gasteiger partial charge in [0.25, 0.3) is 0 Å². The van der Waals surface area contributed by atoms with Gasteiger partial charge in [-0.3, -0.25) is 14.4 Å². The molecule has 2 N–H and O–H groups in total. The van der Waals surface area contributed by atoms with Crippen LogP contribution in [0.1, 0.15) is 24.5 Å². The number of nitrogens with zero attached hydrogens (tertiary/aromatic N) is 1. The van der Waals surface area contributed by atoms with Crippen molar-refractivity contribution in [2.45, 2.75) is 26.7 Å². The highest BCUT2D eigenvalue weighted by Crippen LogP contribution is 2.30. The van der Waals surface area contributed by atoms with E-state index >= 15 is 0 Å². The number of benzene rings is 2. The second-order valence-electron chi connectivity index (χ2n) is 6.73. The van der Waals surface area contributed by atoms with Crippen molar-refractivity contribution in [3.05, 3.63) is 47.5 Å². The third kappa shape index (κ3) is 4.14. The number of hydrogen-bond donors (Lipinski definition) is 2. The molecule has 0 atom stereocenters. The molecule has 146 valence electrons. The smallest absolute Gasteiger partial charge is 0.314 e. The zero-order valence-electron chi connectivity index (χ0n) is 16.2. The van der Waals surface area contributed by atoms with Crippen LogP contribution < -0.4 is 20.3 Å². The number of amides is 3. The summed E-state index contributed by atoms with van der Waals surface area (Å²) >= 11 is 0. The van der Waals surface area contributed by atoms with Crippen LogP contribution in [-0.2, 0) is 20.8 Å². The van der Waals surface area contributed by atoms with Gasteiger partial charge in [-0.2, -0.15) is 0 Å². The highest BCUT2D eigenvalue weighted by molar-refractivity contribution is 6.43. The predicted molar refractivity (Wildman–Crippen MR) is 108 cm³/mol. The zero-order valence-corrected chi connectivity index (χ0v) is 16.2. The van der Waals surface area contributed by atoms with Gasteiger partial charge in [0.2, 0.25) is 5.91 Å². The van der Waals surface area contributed by atoms with Crippen LogP contribution >= 0.6 is 0 Å². The van der Waals surface area contributed by atoms with Gasteiger partial charge in [-0.25, -0.2) is 0 Å². The molecule has 7 nitrogen and oxygen atoms in total. The lowest BCUT2D eigenvalue weighted by atomic mass is 10.0. The van der Waals surface area contributed by atoms with Crippen LogP contribution in [0, 0.1) is 6.92 Å². The lowest BCUT2D eigenvalue weighted by Crippen LogP contribution is -2.34. The first-order chi connectivity index (χ1) is 13.4. The molecule has 3 rings (SSSR count). The summed E-state index contributed by atoms with van der Waals surface area (Å²) in [5.74, 6) is -1.18. The molecular formula is C21H23N3O4. The molecule has 0 saturated heterocycles. The maximum Gasteiger partial charge on any atom is 0.314 e. The average molecular weight is 381 g/mol. The van der Waals surface area contributed by atoms with Crippen LogP contribution in [-0.4, -0.2) is 31.4 Å². The molecule has 2 aromatic rings. The zero-order chi connectivity index (χ0) is 20.3. The fourth-order valence-electron chi connectivity index (χ4n) is 3.27. The number of aryl methyl sites for hydroxylation is 2. The highest BCUT2D eigenvalue weighted by Gasteiger charge is 2.22. The Bertz CT molecular complexity index is 939.